The Morgan fingerprint density at radius 1 is 1.32 bits per heavy atom. The van der Waals surface area contributed by atoms with Crippen molar-refractivity contribution in [1.29, 1.82) is 0 Å². The average molecular weight is 296 g/mol. The number of nitrogens with zero attached hydrogens (tertiary/aromatic N) is 3. The van der Waals surface area contributed by atoms with E-state index in [2.05, 4.69) is 16.8 Å². The van der Waals surface area contributed by atoms with Crippen LogP contribution in [0, 0.1) is 0 Å². The van der Waals surface area contributed by atoms with E-state index in [-0.39, 0.29) is 0 Å². The molecule has 2 aromatic rings. The molecule has 102 valence electrons. The van der Waals surface area contributed by atoms with Crippen LogP contribution in [-0.4, -0.2) is 23.6 Å². The molecule has 0 aliphatic heterocycles. The first-order valence-electron chi connectivity index (χ1n) is 6.89. The van der Waals surface area contributed by atoms with Crippen molar-refractivity contribution in [2.45, 2.75) is 39.0 Å². The number of aromatic nitrogens is 2. The van der Waals surface area contributed by atoms with Gasteiger partial charge in [0.2, 0.25) is 5.95 Å². The second-order valence-corrected chi connectivity index (χ2v) is 6.57. The zero-order valence-electron chi connectivity index (χ0n) is 11.4. The van der Waals surface area contributed by atoms with Crippen LogP contribution in [-0.2, 0) is 12.8 Å². The predicted molar refractivity (Wildman–Crippen MR) is 82.6 cm³/mol. The molecule has 0 aromatic carbocycles. The summed E-state index contributed by atoms with van der Waals surface area (Å²) in [4.78, 5) is 13.8. The van der Waals surface area contributed by atoms with E-state index >= 15 is 0 Å². The van der Waals surface area contributed by atoms with Crippen molar-refractivity contribution in [3.05, 3.63) is 15.6 Å². The van der Waals surface area contributed by atoms with E-state index in [1.807, 2.05) is 7.05 Å². The number of anilines is 1. The summed E-state index contributed by atoms with van der Waals surface area (Å²) in [5.41, 5.74) is 1.40. The Morgan fingerprint density at radius 2 is 2.16 bits per heavy atom. The highest BCUT2D eigenvalue weighted by Crippen LogP contribution is 2.39. The topological polar surface area (TPSA) is 29.0 Å². The first-order valence-corrected chi connectivity index (χ1v) is 8.09. The molecule has 1 aliphatic rings. The lowest BCUT2D eigenvalue weighted by Gasteiger charge is -2.16. The Morgan fingerprint density at radius 3 is 2.95 bits per heavy atom. The second-order valence-electron chi connectivity index (χ2n) is 5.13. The van der Waals surface area contributed by atoms with Crippen LogP contribution in [0.2, 0.25) is 5.15 Å². The van der Waals surface area contributed by atoms with E-state index in [1.165, 1.54) is 29.7 Å². The number of fused-ring (bicyclic) bond motifs is 3. The van der Waals surface area contributed by atoms with Crippen molar-refractivity contribution in [3.63, 3.8) is 0 Å². The fourth-order valence-corrected chi connectivity index (χ4v) is 4.20. The molecule has 0 N–H and O–H groups in total. The number of hydrogen-bond acceptors (Lipinski definition) is 4. The van der Waals surface area contributed by atoms with Crippen molar-refractivity contribution < 1.29 is 0 Å². The number of rotatable bonds is 4. The molecule has 0 atom stereocenters. The third-order valence-electron chi connectivity index (χ3n) is 3.70. The first kappa shape index (κ1) is 13.1. The number of halogens is 1. The zero-order chi connectivity index (χ0) is 13.4. The molecule has 0 amide bonds. The maximum Gasteiger partial charge on any atom is 0.227 e. The van der Waals surface area contributed by atoms with Gasteiger partial charge in [0, 0.05) is 18.5 Å². The van der Waals surface area contributed by atoms with E-state index < -0.39 is 0 Å². The van der Waals surface area contributed by atoms with Crippen LogP contribution in [0.25, 0.3) is 10.2 Å². The number of hydrogen-bond donors (Lipinski definition) is 0. The summed E-state index contributed by atoms with van der Waals surface area (Å²) in [6.07, 6.45) is 5.87. The normalized spacial score (nSPS) is 14.1. The van der Waals surface area contributed by atoms with Crippen LogP contribution < -0.4 is 4.90 Å². The minimum atomic E-state index is 0.628. The van der Waals surface area contributed by atoms with Crippen LogP contribution in [0.15, 0.2) is 0 Å². The molecule has 0 spiro atoms. The van der Waals surface area contributed by atoms with Gasteiger partial charge in [-0.1, -0.05) is 24.9 Å². The average Bonchev–Trinajstić information content (AvgIpc) is 2.95. The Bertz CT molecular complexity index is 608. The SMILES string of the molecule is CCCCN(C)c1nc(Cl)c2c3c(sc2n1)CCC3. The van der Waals surface area contributed by atoms with Gasteiger partial charge in [-0.25, -0.2) is 9.97 Å². The van der Waals surface area contributed by atoms with Crippen molar-refractivity contribution >= 4 is 39.1 Å². The fourth-order valence-electron chi connectivity index (χ4n) is 2.61. The zero-order valence-corrected chi connectivity index (χ0v) is 12.9. The van der Waals surface area contributed by atoms with Gasteiger partial charge in [0.1, 0.15) is 9.98 Å². The van der Waals surface area contributed by atoms with E-state index in [0.717, 1.165) is 35.6 Å². The van der Waals surface area contributed by atoms with E-state index in [9.17, 15) is 0 Å². The molecule has 19 heavy (non-hydrogen) atoms. The largest absolute Gasteiger partial charge is 0.344 e. The van der Waals surface area contributed by atoms with E-state index in [0.29, 0.717) is 5.15 Å². The number of aryl methyl sites for hydroxylation is 2. The second kappa shape index (κ2) is 5.25. The minimum absolute atomic E-state index is 0.628. The van der Waals surface area contributed by atoms with Gasteiger partial charge in [0.05, 0.1) is 5.39 Å². The van der Waals surface area contributed by atoms with Gasteiger partial charge >= 0.3 is 0 Å². The quantitative estimate of drug-likeness (QED) is 0.796. The number of unbranched alkanes of at least 4 members (excludes halogenated alkanes) is 1. The summed E-state index contributed by atoms with van der Waals surface area (Å²) < 4.78 is 0. The molecule has 0 unspecified atom stereocenters. The van der Waals surface area contributed by atoms with Gasteiger partial charge < -0.3 is 4.90 Å². The van der Waals surface area contributed by atoms with Gasteiger partial charge in [-0.15, -0.1) is 11.3 Å². The van der Waals surface area contributed by atoms with E-state index in [4.69, 9.17) is 16.6 Å². The Balaban J connectivity index is 2.01. The van der Waals surface area contributed by atoms with Crippen LogP contribution in [0.3, 0.4) is 0 Å². The van der Waals surface area contributed by atoms with Crippen LogP contribution >= 0.6 is 22.9 Å². The third-order valence-corrected chi connectivity index (χ3v) is 5.16. The third kappa shape index (κ3) is 2.32. The summed E-state index contributed by atoms with van der Waals surface area (Å²) >= 11 is 8.19. The summed E-state index contributed by atoms with van der Waals surface area (Å²) in [7, 11) is 2.04. The van der Waals surface area contributed by atoms with Gasteiger partial charge in [-0.2, -0.15) is 0 Å². The molecule has 3 nitrogen and oxygen atoms in total. The van der Waals surface area contributed by atoms with Crippen molar-refractivity contribution in [3.8, 4) is 0 Å². The monoisotopic (exact) mass is 295 g/mol. The van der Waals surface area contributed by atoms with Crippen molar-refractivity contribution in [2.75, 3.05) is 18.5 Å². The highest BCUT2D eigenvalue weighted by molar-refractivity contribution is 7.19. The molecule has 1 aliphatic carbocycles. The Hall–Kier alpha value is -0.870. The summed E-state index contributed by atoms with van der Waals surface area (Å²) in [6.45, 7) is 3.16. The van der Waals surface area contributed by atoms with Crippen LogP contribution in [0.5, 0.6) is 0 Å². The lowest BCUT2D eigenvalue weighted by atomic mass is 10.2. The van der Waals surface area contributed by atoms with Gasteiger partial charge in [-0.05, 0) is 31.2 Å². The molecule has 0 saturated carbocycles. The molecule has 0 saturated heterocycles. The molecule has 0 bridgehead atoms. The molecular weight excluding hydrogens is 278 g/mol. The molecule has 0 fully saturated rings. The minimum Gasteiger partial charge on any atom is -0.344 e. The summed E-state index contributed by atoms with van der Waals surface area (Å²) in [6, 6.07) is 0. The fraction of sp³-hybridized carbons (Fsp3) is 0.571. The van der Waals surface area contributed by atoms with Crippen molar-refractivity contribution in [1.82, 2.24) is 9.97 Å². The Kier molecular flexibility index (Phi) is 3.63. The molecule has 2 aromatic heterocycles. The Labute approximate surface area is 122 Å². The standard InChI is InChI=1S/C14H18ClN3S/c1-3-4-8-18(2)14-16-12(15)11-9-6-5-7-10(9)19-13(11)17-14/h3-8H2,1-2H3. The van der Waals surface area contributed by atoms with Crippen LogP contribution in [0.4, 0.5) is 5.95 Å². The highest BCUT2D eigenvalue weighted by Gasteiger charge is 2.22. The lowest BCUT2D eigenvalue weighted by Crippen LogP contribution is -2.20. The van der Waals surface area contributed by atoms with Crippen molar-refractivity contribution in [2.24, 2.45) is 0 Å². The van der Waals surface area contributed by atoms with Gasteiger partial charge in [0.15, 0.2) is 0 Å². The summed E-state index contributed by atoms with van der Waals surface area (Å²) in [5.74, 6) is 0.755. The van der Waals surface area contributed by atoms with Gasteiger partial charge in [-0.3, -0.25) is 0 Å². The summed E-state index contributed by atoms with van der Waals surface area (Å²) in [5, 5.41) is 1.73. The molecule has 2 heterocycles. The lowest BCUT2D eigenvalue weighted by molar-refractivity contribution is 0.752. The van der Waals surface area contributed by atoms with E-state index in [1.54, 1.807) is 11.3 Å². The molecular formula is C14H18ClN3S. The van der Waals surface area contributed by atoms with Crippen LogP contribution in [0.1, 0.15) is 36.6 Å². The molecule has 5 heteroatoms. The van der Waals surface area contributed by atoms with Gasteiger partial charge in [0.25, 0.3) is 0 Å². The number of thiophene rings is 1. The maximum absolute atomic E-state index is 6.39. The highest BCUT2D eigenvalue weighted by atomic mass is 35.5. The maximum atomic E-state index is 6.39. The first-order chi connectivity index (χ1) is 9.20. The smallest absolute Gasteiger partial charge is 0.227 e. The molecule has 3 rings (SSSR count). The predicted octanol–water partition coefficient (Wildman–Crippen LogP) is 4.07. The molecule has 0 radical (unpaired) electrons.